The normalized spacial score (nSPS) is 11.2. The van der Waals surface area contributed by atoms with Gasteiger partial charge in [0.25, 0.3) is 0 Å². The lowest BCUT2D eigenvalue weighted by atomic mass is 10.1. The average molecular weight is 267 g/mol. The highest BCUT2D eigenvalue weighted by Crippen LogP contribution is 2.04. The first-order valence-corrected chi connectivity index (χ1v) is 7.07. The van der Waals surface area contributed by atoms with Gasteiger partial charge in [-0.25, -0.2) is 0 Å². The summed E-state index contributed by atoms with van der Waals surface area (Å²) in [6.45, 7) is 7.78. The molecule has 0 aliphatic carbocycles. The van der Waals surface area contributed by atoms with Crippen molar-refractivity contribution in [2.45, 2.75) is 32.7 Å². The van der Waals surface area contributed by atoms with Crippen LogP contribution >= 0.6 is 0 Å². The number of hydrogen-bond donors (Lipinski definition) is 1. The standard InChI is InChI=1S/C10H15N.C9H10/c1-8-3-5-10(6-4-8)7-9(2)11;1-2-6-9-7-4-3-5-8-9/h3-6,9H,7,11H2,1-2H3;2-5,7-8H,1,6H2. The molecule has 0 bridgehead atoms. The molecule has 2 rings (SSSR count). The van der Waals surface area contributed by atoms with E-state index in [-0.39, 0.29) is 6.04 Å². The van der Waals surface area contributed by atoms with Crippen LogP contribution in [0.15, 0.2) is 67.3 Å². The molecular weight excluding hydrogens is 242 g/mol. The molecule has 0 fully saturated rings. The van der Waals surface area contributed by atoms with Crippen molar-refractivity contribution in [3.63, 3.8) is 0 Å². The molecule has 106 valence electrons. The number of nitrogens with two attached hydrogens (primary N) is 1. The first kappa shape index (κ1) is 16.2. The Morgan fingerprint density at radius 3 is 2.10 bits per heavy atom. The number of allylic oxidation sites excluding steroid dienone is 1. The van der Waals surface area contributed by atoms with Crippen molar-refractivity contribution in [2.75, 3.05) is 0 Å². The van der Waals surface area contributed by atoms with Crippen LogP contribution in [-0.4, -0.2) is 6.04 Å². The second kappa shape index (κ2) is 9.11. The van der Waals surface area contributed by atoms with Gasteiger partial charge in [-0.15, -0.1) is 6.58 Å². The number of hydrogen-bond acceptors (Lipinski definition) is 1. The van der Waals surface area contributed by atoms with Crippen molar-refractivity contribution < 1.29 is 0 Å². The summed E-state index contributed by atoms with van der Waals surface area (Å²) in [7, 11) is 0. The first-order chi connectivity index (χ1) is 9.61. The van der Waals surface area contributed by atoms with Crippen LogP contribution in [0.3, 0.4) is 0 Å². The van der Waals surface area contributed by atoms with Gasteiger partial charge < -0.3 is 5.73 Å². The molecule has 1 heteroatoms. The van der Waals surface area contributed by atoms with Crippen LogP contribution in [0.1, 0.15) is 23.6 Å². The van der Waals surface area contributed by atoms with Crippen LogP contribution in [0, 0.1) is 6.92 Å². The van der Waals surface area contributed by atoms with E-state index in [4.69, 9.17) is 5.73 Å². The summed E-state index contributed by atoms with van der Waals surface area (Å²) in [6.07, 6.45) is 3.86. The predicted molar refractivity (Wildman–Crippen MR) is 88.9 cm³/mol. The van der Waals surface area contributed by atoms with Crippen molar-refractivity contribution in [2.24, 2.45) is 5.73 Å². The molecule has 1 unspecified atom stereocenters. The maximum atomic E-state index is 5.66. The molecule has 0 aromatic heterocycles. The summed E-state index contributed by atoms with van der Waals surface area (Å²) in [5.41, 5.74) is 9.62. The molecule has 2 aromatic rings. The molecule has 2 N–H and O–H groups in total. The Labute approximate surface area is 123 Å². The summed E-state index contributed by atoms with van der Waals surface area (Å²) in [5.74, 6) is 0. The highest BCUT2D eigenvalue weighted by molar-refractivity contribution is 5.21. The summed E-state index contributed by atoms with van der Waals surface area (Å²) in [4.78, 5) is 0. The zero-order valence-corrected chi connectivity index (χ0v) is 12.5. The Bertz CT molecular complexity index is 483. The van der Waals surface area contributed by atoms with Crippen molar-refractivity contribution in [1.29, 1.82) is 0 Å². The van der Waals surface area contributed by atoms with Gasteiger partial charge in [0.05, 0.1) is 0 Å². The lowest BCUT2D eigenvalue weighted by Crippen LogP contribution is -2.17. The van der Waals surface area contributed by atoms with Gasteiger partial charge in [-0.2, -0.15) is 0 Å². The van der Waals surface area contributed by atoms with Gasteiger partial charge in [-0.05, 0) is 37.8 Å². The van der Waals surface area contributed by atoms with Gasteiger partial charge in [-0.1, -0.05) is 66.2 Å². The van der Waals surface area contributed by atoms with Gasteiger partial charge in [0.2, 0.25) is 0 Å². The molecule has 1 atom stereocenters. The largest absolute Gasteiger partial charge is 0.328 e. The van der Waals surface area contributed by atoms with Gasteiger partial charge >= 0.3 is 0 Å². The lowest BCUT2D eigenvalue weighted by Gasteiger charge is -2.04. The van der Waals surface area contributed by atoms with E-state index >= 15 is 0 Å². The van der Waals surface area contributed by atoms with Gasteiger partial charge in [-0.3, -0.25) is 0 Å². The molecule has 20 heavy (non-hydrogen) atoms. The van der Waals surface area contributed by atoms with E-state index in [1.807, 2.05) is 31.2 Å². The van der Waals surface area contributed by atoms with E-state index in [1.165, 1.54) is 16.7 Å². The van der Waals surface area contributed by atoms with Crippen LogP contribution in [-0.2, 0) is 12.8 Å². The number of rotatable bonds is 4. The Kier molecular flexibility index (Phi) is 7.38. The highest BCUT2D eigenvalue weighted by Gasteiger charge is 1.95. The second-order valence-corrected chi connectivity index (χ2v) is 5.15. The molecule has 0 saturated heterocycles. The van der Waals surface area contributed by atoms with E-state index in [0.29, 0.717) is 0 Å². The quantitative estimate of drug-likeness (QED) is 0.821. The van der Waals surface area contributed by atoms with E-state index < -0.39 is 0 Å². The van der Waals surface area contributed by atoms with Crippen molar-refractivity contribution in [3.8, 4) is 0 Å². The molecule has 0 spiro atoms. The summed E-state index contributed by atoms with van der Waals surface area (Å²) in [5, 5.41) is 0. The van der Waals surface area contributed by atoms with Crippen molar-refractivity contribution >= 4 is 0 Å². The zero-order chi connectivity index (χ0) is 14.8. The fourth-order valence-corrected chi connectivity index (χ4v) is 1.88. The fraction of sp³-hybridized carbons (Fsp3) is 0.263. The highest BCUT2D eigenvalue weighted by atomic mass is 14.6. The zero-order valence-electron chi connectivity index (χ0n) is 12.5. The van der Waals surface area contributed by atoms with Crippen LogP contribution in [0.25, 0.3) is 0 Å². The monoisotopic (exact) mass is 267 g/mol. The van der Waals surface area contributed by atoms with Crippen LogP contribution in [0.2, 0.25) is 0 Å². The van der Waals surface area contributed by atoms with E-state index in [0.717, 1.165) is 12.8 Å². The molecule has 0 amide bonds. The minimum atomic E-state index is 0.262. The molecule has 1 nitrogen and oxygen atoms in total. The molecule has 0 heterocycles. The van der Waals surface area contributed by atoms with Gasteiger partial charge in [0.1, 0.15) is 0 Å². The SMILES string of the molecule is C=CCc1ccccc1.Cc1ccc(CC(C)N)cc1. The first-order valence-electron chi connectivity index (χ1n) is 7.07. The predicted octanol–water partition coefficient (Wildman–Crippen LogP) is 4.30. The average Bonchev–Trinajstić information content (AvgIpc) is 2.43. The minimum absolute atomic E-state index is 0.262. The lowest BCUT2D eigenvalue weighted by molar-refractivity contribution is 0.738. The summed E-state index contributed by atoms with van der Waals surface area (Å²) >= 11 is 0. The number of benzene rings is 2. The maximum Gasteiger partial charge on any atom is 0.00509 e. The van der Waals surface area contributed by atoms with Crippen molar-refractivity contribution in [3.05, 3.63) is 83.9 Å². The van der Waals surface area contributed by atoms with Gasteiger partial charge in [0, 0.05) is 6.04 Å². The smallest absolute Gasteiger partial charge is 0.00509 e. The number of aryl methyl sites for hydroxylation is 1. The third kappa shape index (κ3) is 6.91. The molecule has 2 aromatic carbocycles. The van der Waals surface area contributed by atoms with Crippen LogP contribution in [0.5, 0.6) is 0 Å². The fourth-order valence-electron chi connectivity index (χ4n) is 1.88. The molecular formula is C19H25N. The van der Waals surface area contributed by atoms with Crippen LogP contribution < -0.4 is 5.73 Å². The van der Waals surface area contributed by atoms with Crippen LogP contribution in [0.4, 0.5) is 0 Å². The molecule has 0 radical (unpaired) electrons. The molecule has 0 saturated carbocycles. The second-order valence-electron chi connectivity index (χ2n) is 5.15. The van der Waals surface area contributed by atoms with Crippen molar-refractivity contribution in [1.82, 2.24) is 0 Å². The molecule has 0 aliphatic rings. The Morgan fingerprint density at radius 1 is 1.00 bits per heavy atom. The maximum absolute atomic E-state index is 5.66. The van der Waals surface area contributed by atoms with Gasteiger partial charge in [0.15, 0.2) is 0 Å². The van der Waals surface area contributed by atoms with E-state index in [9.17, 15) is 0 Å². The van der Waals surface area contributed by atoms with E-state index in [1.54, 1.807) is 0 Å². The summed E-state index contributed by atoms with van der Waals surface area (Å²) in [6, 6.07) is 19.1. The Hall–Kier alpha value is -1.86. The third-order valence-corrected chi connectivity index (χ3v) is 2.90. The summed E-state index contributed by atoms with van der Waals surface area (Å²) < 4.78 is 0. The topological polar surface area (TPSA) is 26.0 Å². The molecule has 0 aliphatic heterocycles. The minimum Gasteiger partial charge on any atom is -0.328 e. The van der Waals surface area contributed by atoms with E-state index in [2.05, 4.69) is 49.9 Å². The Balaban J connectivity index is 0.000000204. The third-order valence-electron chi connectivity index (χ3n) is 2.90. The Morgan fingerprint density at radius 2 is 1.60 bits per heavy atom.